The molecule has 0 bridgehead atoms. The molecule has 0 aromatic carbocycles. The van der Waals surface area contributed by atoms with Gasteiger partial charge in [0.25, 0.3) is 0 Å². The molecule has 0 N–H and O–H groups in total. The summed E-state index contributed by atoms with van der Waals surface area (Å²) in [6, 6.07) is 3.16. The van der Waals surface area contributed by atoms with Gasteiger partial charge in [-0.15, -0.1) is 0 Å². The summed E-state index contributed by atoms with van der Waals surface area (Å²) in [6.07, 6.45) is 9.77. The van der Waals surface area contributed by atoms with E-state index in [1.54, 1.807) is 23.2 Å². The molecule has 0 saturated carbocycles. The van der Waals surface area contributed by atoms with Crippen LogP contribution in [-0.4, -0.2) is 54.7 Å². The molecule has 124 valence electrons. The van der Waals surface area contributed by atoms with Crippen molar-refractivity contribution < 1.29 is 13.2 Å². The highest BCUT2D eigenvalue weighted by molar-refractivity contribution is 7.89. The molecule has 1 amide bonds. The Morgan fingerprint density at radius 3 is 2.65 bits per heavy atom. The van der Waals surface area contributed by atoms with Gasteiger partial charge in [-0.05, 0) is 30.9 Å². The first-order valence-corrected chi connectivity index (χ1v) is 9.36. The van der Waals surface area contributed by atoms with E-state index in [4.69, 9.17) is 0 Å². The number of piperazine rings is 1. The molecule has 1 unspecified atom stereocenters. The van der Waals surface area contributed by atoms with Gasteiger partial charge in [-0.1, -0.05) is 12.2 Å². The van der Waals surface area contributed by atoms with Crippen molar-refractivity contribution in [2.75, 3.05) is 26.2 Å². The lowest BCUT2D eigenvalue weighted by Crippen LogP contribution is -2.50. The summed E-state index contributed by atoms with van der Waals surface area (Å²) in [6.45, 7) is 1.58. The zero-order valence-corrected chi connectivity index (χ0v) is 13.8. The number of rotatable bonds is 4. The van der Waals surface area contributed by atoms with E-state index in [0.29, 0.717) is 38.5 Å². The van der Waals surface area contributed by atoms with Gasteiger partial charge in [-0.2, -0.15) is 4.31 Å². The first kappa shape index (κ1) is 16.1. The fourth-order valence-corrected chi connectivity index (χ4v) is 4.43. The molecule has 3 rings (SSSR count). The molecule has 1 atom stereocenters. The molecule has 1 aliphatic heterocycles. The zero-order chi connectivity index (χ0) is 16.3. The van der Waals surface area contributed by atoms with Crippen LogP contribution in [0.25, 0.3) is 0 Å². The van der Waals surface area contributed by atoms with Crippen LogP contribution in [0.1, 0.15) is 19.3 Å². The van der Waals surface area contributed by atoms with Crippen molar-refractivity contribution in [3.05, 3.63) is 36.7 Å². The van der Waals surface area contributed by atoms with E-state index in [9.17, 15) is 13.2 Å². The number of allylic oxidation sites excluding steroid dienone is 2. The predicted molar refractivity (Wildman–Crippen MR) is 86.1 cm³/mol. The highest BCUT2D eigenvalue weighted by Gasteiger charge is 2.30. The van der Waals surface area contributed by atoms with Gasteiger partial charge in [0, 0.05) is 45.0 Å². The number of nitrogens with zero attached hydrogens (tertiary/aromatic N) is 3. The summed E-state index contributed by atoms with van der Waals surface area (Å²) in [4.78, 5) is 18.1. The van der Waals surface area contributed by atoms with E-state index in [1.165, 1.54) is 10.5 Å². The maximum Gasteiger partial charge on any atom is 0.244 e. The topological polar surface area (TPSA) is 70.6 Å². The van der Waals surface area contributed by atoms with Crippen molar-refractivity contribution >= 4 is 15.9 Å². The van der Waals surface area contributed by atoms with Crippen LogP contribution >= 0.6 is 0 Å². The SMILES string of the molecule is O=C(CC1C=CCC1)N1CCN(S(=O)(=O)c2cccnc2)CC1. The molecule has 23 heavy (non-hydrogen) atoms. The first-order chi connectivity index (χ1) is 11.1. The summed E-state index contributed by atoms with van der Waals surface area (Å²) >= 11 is 0. The van der Waals surface area contributed by atoms with Crippen molar-refractivity contribution in [1.82, 2.24) is 14.2 Å². The lowest BCUT2D eigenvalue weighted by atomic mass is 10.0. The van der Waals surface area contributed by atoms with Crippen LogP contribution in [0.4, 0.5) is 0 Å². The third kappa shape index (κ3) is 3.61. The molecule has 1 aliphatic carbocycles. The van der Waals surface area contributed by atoms with E-state index >= 15 is 0 Å². The molecule has 0 spiro atoms. The third-order valence-corrected chi connectivity index (χ3v) is 6.29. The van der Waals surface area contributed by atoms with Crippen molar-refractivity contribution in [1.29, 1.82) is 0 Å². The van der Waals surface area contributed by atoms with Crippen LogP contribution < -0.4 is 0 Å². The Labute approximate surface area is 136 Å². The standard InChI is InChI=1S/C16H21N3O3S/c20-16(12-14-4-1-2-5-14)18-8-10-19(11-9-18)23(21,22)15-6-3-7-17-13-15/h1,3-4,6-7,13-14H,2,5,8-12H2. The van der Waals surface area contributed by atoms with Crippen molar-refractivity contribution in [2.24, 2.45) is 5.92 Å². The summed E-state index contributed by atoms with van der Waals surface area (Å²) < 4.78 is 26.5. The Bertz CT molecular complexity index is 680. The van der Waals surface area contributed by atoms with Gasteiger partial charge in [0.05, 0.1) is 0 Å². The molecule has 2 aliphatic rings. The molecule has 1 aromatic heterocycles. The molecular weight excluding hydrogens is 314 g/mol. The van der Waals surface area contributed by atoms with Crippen molar-refractivity contribution in [2.45, 2.75) is 24.2 Å². The molecule has 1 fully saturated rings. The van der Waals surface area contributed by atoms with Gasteiger partial charge in [0.2, 0.25) is 15.9 Å². The van der Waals surface area contributed by atoms with Crippen molar-refractivity contribution in [3.63, 3.8) is 0 Å². The normalized spacial score (nSPS) is 22.4. The predicted octanol–water partition coefficient (Wildman–Crippen LogP) is 1.27. The largest absolute Gasteiger partial charge is 0.340 e. The smallest absolute Gasteiger partial charge is 0.244 e. The fraction of sp³-hybridized carbons (Fsp3) is 0.500. The summed E-state index contributed by atoms with van der Waals surface area (Å²) in [5, 5.41) is 0. The Morgan fingerprint density at radius 2 is 2.04 bits per heavy atom. The molecule has 1 saturated heterocycles. The highest BCUT2D eigenvalue weighted by atomic mass is 32.2. The average Bonchev–Trinajstić information content (AvgIpc) is 3.09. The summed E-state index contributed by atoms with van der Waals surface area (Å²) in [7, 11) is -3.51. The van der Waals surface area contributed by atoms with Crippen LogP contribution in [0.3, 0.4) is 0 Å². The summed E-state index contributed by atoms with van der Waals surface area (Å²) in [5.41, 5.74) is 0. The van der Waals surface area contributed by atoms with Gasteiger partial charge in [-0.25, -0.2) is 8.42 Å². The second kappa shape index (κ2) is 6.80. The van der Waals surface area contributed by atoms with Crippen LogP contribution in [-0.2, 0) is 14.8 Å². The van der Waals surface area contributed by atoms with Crippen LogP contribution in [0.2, 0.25) is 0 Å². The number of pyridine rings is 1. The first-order valence-electron chi connectivity index (χ1n) is 7.92. The average molecular weight is 335 g/mol. The number of hydrogen-bond acceptors (Lipinski definition) is 4. The molecule has 1 aromatic rings. The number of carbonyl (C=O) groups excluding carboxylic acids is 1. The number of sulfonamides is 1. The maximum atomic E-state index is 12.5. The fourth-order valence-electron chi connectivity index (χ4n) is 3.05. The highest BCUT2D eigenvalue weighted by Crippen LogP contribution is 2.22. The lowest BCUT2D eigenvalue weighted by Gasteiger charge is -2.34. The van der Waals surface area contributed by atoms with E-state index in [-0.39, 0.29) is 10.8 Å². The number of aromatic nitrogens is 1. The monoisotopic (exact) mass is 335 g/mol. The van der Waals surface area contributed by atoms with Crippen LogP contribution in [0, 0.1) is 5.92 Å². The number of amides is 1. The quantitative estimate of drug-likeness (QED) is 0.777. The molecule has 7 heteroatoms. The third-order valence-electron chi connectivity index (χ3n) is 4.41. The maximum absolute atomic E-state index is 12.5. The minimum atomic E-state index is -3.51. The second-order valence-corrected chi connectivity index (χ2v) is 7.88. The molecule has 0 radical (unpaired) electrons. The van der Waals surface area contributed by atoms with Gasteiger partial charge in [-0.3, -0.25) is 9.78 Å². The Kier molecular flexibility index (Phi) is 4.77. The van der Waals surface area contributed by atoms with E-state index in [1.807, 2.05) is 0 Å². The Morgan fingerprint density at radius 1 is 1.26 bits per heavy atom. The van der Waals surface area contributed by atoms with Gasteiger partial charge in [0.15, 0.2) is 0 Å². The zero-order valence-electron chi connectivity index (χ0n) is 13.0. The summed E-state index contributed by atoms with van der Waals surface area (Å²) in [5.74, 6) is 0.472. The molecular formula is C16H21N3O3S. The molecule has 6 nitrogen and oxygen atoms in total. The van der Waals surface area contributed by atoms with Crippen molar-refractivity contribution in [3.8, 4) is 0 Å². The van der Waals surface area contributed by atoms with Gasteiger partial charge < -0.3 is 4.90 Å². The van der Waals surface area contributed by atoms with Gasteiger partial charge in [0.1, 0.15) is 4.90 Å². The van der Waals surface area contributed by atoms with Gasteiger partial charge >= 0.3 is 0 Å². The van der Waals surface area contributed by atoms with Crippen LogP contribution in [0.15, 0.2) is 41.6 Å². The number of carbonyl (C=O) groups is 1. The lowest BCUT2D eigenvalue weighted by molar-refractivity contribution is -0.133. The number of hydrogen-bond donors (Lipinski definition) is 0. The minimum absolute atomic E-state index is 0.125. The van der Waals surface area contributed by atoms with E-state index in [0.717, 1.165) is 12.8 Å². The Hall–Kier alpha value is -1.73. The van der Waals surface area contributed by atoms with Crippen LogP contribution in [0.5, 0.6) is 0 Å². The van der Waals surface area contributed by atoms with E-state index < -0.39 is 10.0 Å². The molecule has 2 heterocycles. The Balaban J connectivity index is 1.58. The minimum Gasteiger partial charge on any atom is -0.340 e. The second-order valence-electron chi connectivity index (χ2n) is 5.94. The van der Waals surface area contributed by atoms with E-state index in [2.05, 4.69) is 17.1 Å².